The number of benzene rings is 6. The number of fused-ring (bicyclic) bond motifs is 2. The van der Waals surface area contributed by atoms with Crippen molar-refractivity contribution in [2.24, 2.45) is 0 Å². The molecule has 6 aromatic carbocycles. The van der Waals surface area contributed by atoms with E-state index in [-0.39, 0.29) is 0 Å². The number of likely N-dealkylation sites (N-methyl/N-ethyl adjacent to an activating group) is 1. The third-order valence-electron chi connectivity index (χ3n) is 13.3. The topological polar surface area (TPSA) is 140 Å². The molecule has 11 rings (SSSR count). The summed E-state index contributed by atoms with van der Waals surface area (Å²) in [5.41, 5.74) is 10.5. The number of nitrogens with zero attached hydrogens (tertiary/aromatic N) is 8. The van der Waals surface area contributed by atoms with Gasteiger partial charge in [0, 0.05) is 136 Å². The molecule has 73 heavy (non-hydrogen) atoms. The van der Waals surface area contributed by atoms with Gasteiger partial charge >= 0.3 is 0 Å². The van der Waals surface area contributed by atoms with Crippen LogP contribution in [0.25, 0.3) is 44.1 Å². The van der Waals surface area contributed by atoms with Gasteiger partial charge in [0.15, 0.2) is 0 Å². The van der Waals surface area contributed by atoms with Gasteiger partial charge in [-0.1, -0.05) is 60.7 Å². The summed E-state index contributed by atoms with van der Waals surface area (Å²) in [6.07, 6.45) is 3.76. The Morgan fingerprint density at radius 3 is 1.49 bits per heavy atom. The fourth-order valence-corrected chi connectivity index (χ4v) is 9.28. The minimum Gasteiger partial charge on any atom is -0.492 e. The highest BCUT2D eigenvalue weighted by Gasteiger charge is 2.15. The van der Waals surface area contributed by atoms with E-state index in [1.807, 2.05) is 69.0 Å². The molecule has 3 saturated heterocycles. The highest BCUT2D eigenvalue weighted by molar-refractivity contribution is 5.95. The van der Waals surface area contributed by atoms with E-state index in [4.69, 9.17) is 24.2 Å². The lowest BCUT2D eigenvalue weighted by Gasteiger charge is -2.29. The van der Waals surface area contributed by atoms with Crippen LogP contribution in [0.4, 0.5) is 34.6 Å². The molecule has 3 aliphatic heterocycles. The summed E-state index contributed by atoms with van der Waals surface area (Å²) in [6, 6.07) is 45.8. The lowest BCUT2D eigenvalue weighted by Crippen LogP contribution is -2.43. The van der Waals surface area contributed by atoms with E-state index in [2.05, 4.69) is 142 Å². The number of anilines is 6. The Morgan fingerprint density at radius 1 is 0.548 bits per heavy atom. The van der Waals surface area contributed by atoms with Crippen molar-refractivity contribution in [1.29, 1.82) is 0 Å². The molecule has 0 aliphatic carbocycles. The molecule has 0 spiro atoms. The van der Waals surface area contributed by atoms with Crippen LogP contribution in [0.2, 0.25) is 0 Å². The predicted molar refractivity (Wildman–Crippen MR) is 296 cm³/mol. The van der Waals surface area contributed by atoms with Gasteiger partial charge in [-0.25, -0.2) is 19.9 Å². The first-order valence-electron chi connectivity index (χ1n) is 25.6. The monoisotopic (exact) mass is 979 g/mol. The van der Waals surface area contributed by atoms with Crippen molar-refractivity contribution < 1.29 is 14.2 Å². The predicted octanol–water partition coefficient (Wildman–Crippen LogP) is 8.55. The number of aromatic nitrogens is 4. The second-order valence-electron chi connectivity index (χ2n) is 18.7. The molecule has 376 valence electrons. The van der Waals surface area contributed by atoms with Crippen molar-refractivity contribution in [2.75, 3.05) is 139 Å². The molecule has 0 bridgehead atoms. The van der Waals surface area contributed by atoms with Crippen molar-refractivity contribution in [1.82, 2.24) is 40.4 Å². The van der Waals surface area contributed by atoms with Crippen molar-refractivity contribution in [3.63, 3.8) is 0 Å². The van der Waals surface area contributed by atoms with Crippen LogP contribution < -0.4 is 40.5 Å². The maximum absolute atomic E-state index is 6.10. The van der Waals surface area contributed by atoms with E-state index in [1.54, 1.807) is 0 Å². The summed E-state index contributed by atoms with van der Waals surface area (Å²) in [6.45, 7) is 14.9. The average molecular weight is 979 g/mol. The van der Waals surface area contributed by atoms with Crippen molar-refractivity contribution >= 4 is 56.5 Å². The summed E-state index contributed by atoms with van der Waals surface area (Å²) >= 11 is 0. The SMILES string of the molecule is CN(C)CCOc1cccc(-c2cccc3cnc(Nc4ccc(N5CCNCC5)cc4)nc23)c1.c1cc(OCCN2CCOCC2)cc(-c2cccc3cnc(Nc4ccc(N5CCNCC5)cc4)nc23)c1. The molecule has 15 heteroatoms. The molecular weight excluding hydrogens is 913 g/mol. The number of ether oxygens (including phenoxy) is 3. The summed E-state index contributed by atoms with van der Waals surface area (Å²) in [5, 5.41) is 15.6. The number of hydrogen-bond acceptors (Lipinski definition) is 15. The van der Waals surface area contributed by atoms with Crippen LogP contribution in [0, 0.1) is 0 Å². The van der Waals surface area contributed by atoms with Gasteiger partial charge in [-0.3, -0.25) is 4.90 Å². The maximum atomic E-state index is 6.10. The molecule has 5 heterocycles. The number of piperazine rings is 2. The van der Waals surface area contributed by atoms with E-state index < -0.39 is 0 Å². The summed E-state index contributed by atoms with van der Waals surface area (Å²) in [7, 11) is 4.09. The smallest absolute Gasteiger partial charge is 0.227 e. The normalized spacial score (nSPS) is 15.2. The Balaban J connectivity index is 0.000000168. The largest absolute Gasteiger partial charge is 0.492 e. The fraction of sp³-hybridized carbons (Fsp3) is 0.310. The number of para-hydroxylation sites is 2. The maximum Gasteiger partial charge on any atom is 0.227 e. The first-order chi connectivity index (χ1) is 36.0. The first kappa shape index (κ1) is 49.2. The van der Waals surface area contributed by atoms with Crippen LogP contribution in [0.1, 0.15) is 0 Å². The van der Waals surface area contributed by atoms with Gasteiger partial charge in [-0.2, -0.15) is 0 Å². The minimum absolute atomic E-state index is 0.581. The van der Waals surface area contributed by atoms with Crippen LogP contribution in [0.15, 0.2) is 146 Å². The van der Waals surface area contributed by atoms with Gasteiger partial charge in [0.05, 0.1) is 24.2 Å². The zero-order valence-corrected chi connectivity index (χ0v) is 42.0. The van der Waals surface area contributed by atoms with E-state index in [9.17, 15) is 0 Å². The van der Waals surface area contributed by atoms with Crippen LogP contribution >= 0.6 is 0 Å². The zero-order valence-electron chi connectivity index (χ0n) is 42.0. The highest BCUT2D eigenvalue weighted by Crippen LogP contribution is 2.33. The van der Waals surface area contributed by atoms with Crippen LogP contribution in [-0.4, -0.2) is 149 Å². The Morgan fingerprint density at radius 2 is 1.01 bits per heavy atom. The molecule has 2 aromatic heterocycles. The van der Waals surface area contributed by atoms with Crippen LogP contribution in [0.5, 0.6) is 11.5 Å². The number of nitrogens with one attached hydrogen (secondary N) is 4. The molecule has 8 aromatic rings. The second-order valence-corrected chi connectivity index (χ2v) is 18.7. The van der Waals surface area contributed by atoms with Gasteiger partial charge < -0.3 is 50.2 Å². The second kappa shape index (κ2) is 24.3. The number of rotatable bonds is 16. The van der Waals surface area contributed by atoms with E-state index in [0.717, 1.165) is 159 Å². The van der Waals surface area contributed by atoms with Crippen molar-refractivity contribution in [3.8, 4) is 33.8 Å². The standard InChI is InChI=1S/C30H34N6O2.C28H32N6O/c1-3-23(21-27(5-1)38-20-17-35-15-18-37-19-16-35)28-6-2-4-24-22-32-30(34-29(24)28)33-25-7-9-26(10-8-25)36-13-11-31-12-14-36;1-33(2)17-18-35-25-7-3-5-21(19-25)26-8-4-6-22-20-30-28(32-27(22)26)31-23-9-11-24(12-10-23)34-15-13-29-14-16-34/h1-10,21-22,31H,11-20H2,(H,32,33,34);3-12,19-20,29H,13-18H2,1-2H3,(H,30,31,32). The van der Waals surface area contributed by atoms with Gasteiger partial charge in [0.25, 0.3) is 0 Å². The molecule has 3 aliphatic rings. The summed E-state index contributed by atoms with van der Waals surface area (Å²) in [5.74, 6) is 2.89. The lowest BCUT2D eigenvalue weighted by atomic mass is 10.0. The Hall–Kier alpha value is -7.40. The molecule has 0 atom stereocenters. The quantitative estimate of drug-likeness (QED) is 0.0735. The Labute approximate surface area is 428 Å². The minimum atomic E-state index is 0.581. The Bertz CT molecular complexity index is 3030. The van der Waals surface area contributed by atoms with E-state index in [0.29, 0.717) is 25.1 Å². The van der Waals surface area contributed by atoms with Gasteiger partial charge in [0.1, 0.15) is 24.7 Å². The van der Waals surface area contributed by atoms with E-state index in [1.165, 1.54) is 11.4 Å². The molecule has 15 nitrogen and oxygen atoms in total. The highest BCUT2D eigenvalue weighted by atomic mass is 16.5. The average Bonchev–Trinajstić information content (AvgIpc) is 3.44. The number of hydrogen-bond donors (Lipinski definition) is 4. The molecule has 0 radical (unpaired) electrons. The molecule has 4 N–H and O–H groups in total. The molecule has 3 fully saturated rings. The lowest BCUT2D eigenvalue weighted by molar-refractivity contribution is 0.0322. The summed E-state index contributed by atoms with van der Waals surface area (Å²) in [4.78, 5) is 28.2. The van der Waals surface area contributed by atoms with Gasteiger partial charge in [-0.05, 0) is 98.0 Å². The third kappa shape index (κ3) is 13.2. The molecule has 0 saturated carbocycles. The number of morpholine rings is 1. The van der Waals surface area contributed by atoms with Crippen LogP contribution in [0.3, 0.4) is 0 Å². The zero-order chi connectivity index (χ0) is 49.6. The van der Waals surface area contributed by atoms with Crippen LogP contribution in [-0.2, 0) is 4.74 Å². The van der Waals surface area contributed by atoms with Crippen molar-refractivity contribution in [2.45, 2.75) is 0 Å². The first-order valence-corrected chi connectivity index (χ1v) is 25.6. The molecular formula is C58H66N12O3. The molecule has 0 unspecified atom stereocenters. The third-order valence-corrected chi connectivity index (χ3v) is 13.3. The van der Waals surface area contributed by atoms with Gasteiger partial charge in [0.2, 0.25) is 11.9 Å². The van der Waals surface area contributed by atoms with Crippen molar-refractivity contribution in [3.05, 3.63) is 146 Å². The summed E-state index contributed by atoms with van der Waals surface area (Å²) < 4.78 is 17.5. The van der Waals surface area contributed by atoms with E-state index >= 15 is 0 Å². The fourth-order valence-electron chi connectivity index (χ4n) is 9.28. The molecule has 0 amide bonds. The Kier molecular flexibility index (Phi) is 16.4. The van der Waals surface area contributed by atoms with Gasteiger partial charge in [-0.15, -0.1) is 0 Å².